The van der Waals surface area contributed by atoms with Crippen LogP contribution in [0.15, 0.2) is 18.2 Å². The summed E-state index contributed by atoms with van der Waals surface area (Å²) in [7, 11) is 1.27. The lowest BCUT2D eigenvalue weighted by Gasteiger charge is -2.16. The molecule has 1 N–H and O–H groups in total. The highest BCUT2D eigenvalue weighted by molar-refractivity contribution is 6.32. The molecule has 0 saturated heterocycles. The first-order chi connectivity index (χ1) is 9.49. The number of non-ortho nitro benzene ring substituents is 1. The lowest BCUT2D eigenvalue weighted by atomic mass is 10.3. The number of nitrogens with one attached hydrogen (secondary N) is 1. The Morgan fingerprint density at radius 2 is 2.25 bits per heavy atom. The van der Waals surface area contributed by atoms with Gasteiger partial charge in [0.2, 0.25) is 0 Å². The molecule has 0 bridgehead atoms. The zero-order valence-corrected chi connectivity index (χ0v) is 11.8. The highest BCUT2D eigenvalue weighted by Crippen LogP contribution is 2.28. The SMILES string of the molecule is CCNC(COc1cc([N+](=O)[O-])ccc1Cl)C(=O)OC. The summed E-state index contributed by atoms with van der Waals surface area (Å²) in [6, 6.07) is 3.19. The number of nitro benzene ring substituents is 1. The number of esters is 1. The third kappa shape index (κ3) is 4.36. The van der Waals surface area contributed by atoms with Gasteiger partial charge in [-0.3, -0.25) is 14.9 Å². The fraction of sp³-hybridized carbons (Fsp3) is 0.417. The van der Waals surface area contributed by atoms with E-state index < -0.39 is 16.9 Å². The summed E-state index contributed by atoms with van der Waals surface area (Å²) in [5.74, 6) is -0.332. The van der Waals surface area contributed by atoms with Crippen LogP contribution in [0.2, 0.25) is 5.02 Å². The van der Waals surface area contributed by atoms with Crippen LogP contribution in [0.3, 0.4) is 0 Å². The van der Waals surface area contributed by atoms with Crippen molar-refractivity contribution in [2.24, 2.45) is 0 Å². The summed E-state index contributed by atoms with van der Waals surface area (Å²) in [6.45, 7) is 2.34. The van der Waals surface area contributed by atoms with Crippen molar-refractivity contribution >= 4 is 23.3 Å². The number of rotatable bonds is 7. The van der Waals surface area contributed by atoms with Gasteiger partial charge in [0.15, 0.2) is 0 Å². The van der Waals surface area contributed by atoms with Crippen LogP contribution in [0.4, 0.5) is 5.69 Å². The second-order valence-corrected chi connectivity index (χ2v) is 4.22. The monoisotopic (exact) mass is 302 g/mol. The van der Waals surface area contributed by atoms with Crippen LogP contribution in [0, 0.1) is 10.1 Å². The molecule has 7 nitrogen and oxygen atoms in total. The van der Waals surface area contributed by atoms with E-state index in [0.717, 1.165) is 0 Å². The van der Waals surface area contributed by atoms with Crippen molar-refractivity contribution < 1.29 is 19.2 Å². The molecule has 0 aliphatic rings. The summed E-state index contributed by atoms with van der Waals surface area (Å²) in [5, 5.41) is 13.8. The number of benzene rings is 1. The maximum Gasteiger partial charge on any atom is 0.326 e. The number of carbonyl (C=O) groups excluding carboxylic acids is 1. The largest absolute Gasteiger partial charge is 0.490 e. The molecule has 0 aliphatic carbocycles. The van der Waals surface area contributed by atoms with Crippen LogP contribution in [-0.2, 0) is 9.53 Å². The van der Waals surface area contributed by atoms with Crippen LogP contribution in [-0.4, -0.2) is 37.2 Å². The predicted octanol–water partition coefficient (Wildman–Crippen LogP) is 1.78. The van der Waals surface area contributed by atoms with E-state index in [2.05, 4.69) is 10.1 Å². The topological polar surface area (TPSA) is 90.7 Å². The summed E-state index contributed by atoms with van der Waals surface area (Å²) in [6.07, 6.45) is 0. The minimum absolute atomic E-state index is 0.0403. The molecule has 0 saturated carbocycles. The zero-order valence-electron chi connectivity index (χ0n) is 11.1. The van der Waals surface area contributed by atoms with E-state index in [1.807, 2.05) is 6.92 Å². The van der Waals surface area contributed by atoms with Gasteiger partial charge in [0.25, 0.3) is 5.69 Å². The zero-order chi connectivity index (χ0) is 15.1. The minimum Gasteiger partial charge on any atom is -0.490 e. The molecule has 20 heavy (non-hydrogen) atoms. The van der Waals surface area contributed by atoms with Crippen molar-refractivity contribution in [3.63, 3.8) is 0 Å². The molecule has 1 aromatic carbocycles. The van der Waals surface area contributed by atoms with Gasteiger partial charge in [0.05, 0.1) is 23.1 Å². The minimum atomic E-state index is -0.666. The highest BCUT2D eigenvalue weighted by Gasteiger charge is 2.20. The van der Waals surface area contributed by atoms with Crippen LogP contribution < -0.4 is 10.1 Å². The van der Waals surface area contributed by atoms with E-state index in [4.69, 9.17) is 16.3 Å². The normalized spacial score (nSPS) is 11.8. The first-order valence-electron chi connectivity index (χ1n) is 5.87. The number of likely N-dealkylation sites (N-methyl/N-ethyl adjacent to an activating group) is 1. The van der Waals surface area contributed by atoms with E-state index in [-0.39, 0.29) is 23.1 Å². The lowest BCUT2D eigenvalue weighted by molar-refractivity contribution is -0.384. The Kier molecular flexibility index (Phi) is 6.20. The number of hydrogen-bond donors (Lipinski definition) is 1. The van der Waals surface area contributed by atoms with Crippen molar-refractivity contribution in [3.8, 4) is 5.75 Å². The van der Waals surface area contributed by atoms with Crippen molar-refractivity contribution in [2.75, 3.05) is 20.3 Å². The van der Waals surface area contributed by atoms with E-state index >= 15 is 0 Å². The molecule has 0 aliphatic heterocycles. The smallest absolute Gasteiger partial charge is 0.326 e. The Bertz CT molecular complexity index is 495. The maximum absolute atomic E-state index is 11.5. The molecule has 1 rings (SSSR count). The van der Waals surface area contributed by atoms with Gasteiger partial charge in [-0.1, -0.05) is 18.5 Å². The molecule has 1 atom stereocenters. The lowest BCUT2D eigenvalue weighted by Crippen LogP contribution is -2.42. The van der Waals surface area contributed by atoms with Gasteiger partial charge in [-0.2, -0.15) is 0 Å². The Morgan fingerprint density at radius 1 is 1.55 bits per heavy atom. The van der Waals surface area contributed by atoms with Gasteiger partial charge in [-0.25, -0.2) is 0 Å². The van der Waals surface area contributed by atoms with E-state index in [9.17, 15) is 14.9 Å². The van der Waals surface area contributed by atoms with Crippen molar-refractivity contribution in [3.05, 3.63) is 33.3 Å². The third-order valence-corrected chi connectivity index (χ3v) is 2.78. The Labute approximate surface area is 121 Å². The summed E-state index contributed by atoms with van der Waals surface area (Å²) in [4.78, 5) is 21.6. The average Bonchev–Trinajstić information content (AvgIpc) is 2.43. The van der Waals surface area contributed by atoms with E-state index in [0.29, 0.717) is 6.54 Å². The van der Waals surface area contributed by atoms with E-state index in [1.165, 1.54) is 25.3 Å². The van der Waals surface area contributed by atoms with Crippen molar-refractivity contribution in [1.29, 1.82) is 0 Å². The number of nitrogens with zero attached hydrogens (tertiary/aromatic N) is 1. The second-order valence-electron chi connectivity index (χ2n) is 3.82. The fourth-order valence-corrected chi connectivity index (χ4v) is 1.66. The number of nitro groups is 1. The first kappa shape index (κ1) is 16.2. The molecular weight excluding hydrogens is 288 g/mol. The molecular formula is C12H15ClN2O5. The molecule has 110 valence electrons. The van der Waals surface area contributed by atoms with Gasteiger partial charge in [-0.15, -0.1) is 0 Å². The van der Waals surface area contributed by atoms with Gasteiger partial charge in [0, 0.05) is 6.07 Å². The Hall–Kier alpha value is -1.86. The highest BCUT2D eigenvalue weighted by atomic mass is 35.5. The predicted molar refractivity (Wildman–Crippen MR) is 73.1 cm³/mol. The van der Waals surface area contributed by atoms with Gasteiger partial charge in [0.1, 0.15) is 18.4 Å². The number of halogens is 1. The Morgan fingerprint density at radius 3 is 2.80 bits per heavy atom. The molecule has 0 amide bonds. The van der Waals surface area contributed by atoms with Crippen LogP contribution >= 0.6 is 11.6 Å². The Balaban J connectivity index is 2.79. The summed E-state index contributed by atoms with van der Waals surface area (Å²) >= 11 is 5.89. The number of hydrogen-bond acceptors (Lipinski definition) is 6. The van der Waals surface area contributed by atoms with Gasteiger partial charge in [-0.05, 0) is 12.6 Å². The molecule has 1 unspecified atom stereocenters. The molecule has 0 fully saturated rings. The van der Waals surface area contributed by atoms with Crippen LogP contribution in [0.1, 0.15) is 6.92 Å². The first-order valence-corrected chi connectivity index (χ1v) is 6.25. The molecule has 8 heteroatoms. The summed E-state index contributed by atoms with van der Waals surface area (Å²) < 4.78 is 9.99. The fourth-order valence-electron chi connectivity index (χ4n) is 1.49. The third-order valence-electron chi connectivity index (χ3n) is 2.47. The van der Waals surface area contributed by atoms with Crippen molar-refractivity contribution in [2.45, 2.75) is 13.0 Å². The number of methoxy groups -OCH3 is 1. The van der Waals surface area contributed by atoms with Crippen LogP contribution in [0.5, 0.6) is 5.75 Å². The van der Waals surface area contributed by atoms with Crippen LogP contribution in [0.25, 0.3) is 0 Å². The average molecular weight is 303 g/mol. The van der Waals surface area contributed by atoms with Gasteiger partial charge >= 0.3 is 5.97 Å². The second kappa shape index (κ2) is 7.66. The van der Waals surface area contributed by atoms with E-state index in [1.54, 1.807) is 0 Å². The van der Waals surface area contributed by atoms with Crippen molar-refractivity contribution in [1.82, 2.24) is 5.32 Å². The van der Waals surface area contributed by atoms with Gasteiger partial charge < -0.3 is 14.8 Å². The molecule has 0 radical (unpaired) electrons. The molecule has 0 heterocycles. The number of carbonyl (C=O) groups is 1. The number of ether oxygens (including phenoxy) is 2. The quantitative estimate of drug-likeness (QED) is 0.469. The molecule has 0 aromatic heterocycles. The molecule has 0 spiro atoms. The maximum atomic E-state index is 11.5. The standard InChI is InChI=1S/C12H15ClN2O5/c1-3-14-10(12(16)19-2)7-20-11-6-8(15(17)18)4-5-9(11)13/h4-6,10,14H,3,7H2,1-2H3. The molecule has 1 aromatic rings. The summed E-state index contributed by atoms with van der Waals surface area (Å²) in [5.41, 5.74) is -0.137.